The molecule has 0 atom stereocenters. The molecular formula is C12H14N4. The lowest BCUT2D eigenvalue weighted by Crippen LogP contribution is -2.22. The van der Waals surface area contributed by atoms with E-state index < -0.39 is 0 Å². The van der Waals surface area contributed by atoms with Gasteiger partial charge < -0.3 is 11.1 Å². The van der Waals surface area contributed by atoms with Crippen LogP contribution in [0.15, 0.2) is 35.3 Å². The van der Waals surface area contributed by atoms with Gasteiger partial charge in [0.05, 0.1) is 11.2 Å². The number of para-hydroxylation sites is 1. The van der Waals surface area contributed by atoms with Crippen LogP contribution < -0.4 is 11.1 Å². The summed E-state index contributed by atoms with van der Waals surface area (Å²) >= 11 is 0. The minimum atomic E-state index is 0.385. The summed E-state index contributed by atoms with van der Waals surface area (Å²) in [5.74, 6) is 0.385. The van der Waals surface area contributed by atoms with E-state index in [1.54, 1.807) is 7.05 Å². The Labute approximate surface area is 94.2 Å². The van der Waals surface area contributed by atoms with Crippen molar-refractivity contribution in [3.63, 3.8) is 0 Å². The monoisotopic (exact) mass is 214 g/mol. The summed E-state index contributed by atoms with van der Waals surface area (Å²) in [6.45, 7) is 1.97. The van der Waals surface area contributed by atoms with Crippen molar-refractivity contribution in [1.29, 1.82) is 0 Å². The molecule has 0 aliphatic carbocycles. The molecule has 0 radical (unpaired) electrons. The summed E-state index contributed by atoms with van der Waals surface area (Å²) in [5, 5.41) is 4.11. The fourth-order valence-electron chi connectivity index (χ4n) is 1.54. The number of aromatic nitrogens is 1. The number of nitrogens with zero attached hydrogens (tertiary/aromatic N) is 2. The molecule has 0 amide bonds. The maximum absolute atomic E-state index is 5.65. The molecule has 2 aromatic rings. The highest BCUT2D eigenvalue weighted by molar-refractivity contribution is 6.00. The van der Waals surface area contributed by atoms with Gasteiger partial charge >= 0.3 is 0 Å². The number of pyridine rings is 1. The number of hydrogen-bond acceptors (Lipinski definition) is 2. The third kappa shape index (κ3) is 1.95. The van der Waals surface area contributed by atoms with Crippen molar-refractivity contribution in [2.45, 2.75) is 6.92 Å². The Morgan fingerprint density at radius 3 is 2.88 bits per heavy atom. The van der Waals surface area contributed by atoms with Crippen LogP contribution in [0.3, 0.4) is 0 Å². The van der Waals surface area contributed by atoms with Crippen LogP contribution in [0.5, 0.6) is 0 Å². The Morgan fingerprint density at radius 2 is 2.12 bits per heavy atom. The predicted molar refractivity (Wildman–Crippen MR) is 67.6 cm³/mol. The SMILES string of the molecule is CN=C(N)Nc1cccc2ccc(C)nc12. The molecule has 0 fully saturated rings. The maximum Gasteiger partial charge on any atom is 0.192 e. The minimum absolute atomic E-state index is 0.385. The number of aryl methyl sites for hydroxylation is 1. The standard InChI is InChI=1S/C12H14N4/c1-8-6-7-9-4-3-5-10(11(9)15-8)16-12(13)14-2/h3-7H,1-2H3,(H3,13,14,16). The Balaban J connectivity index is 2.56. The fourth-order valence-corrected chi connectivity index (χ4v) is 1.54. The maximum atomic E-state index is 5.65. The number of fused-ring (bicyclic) bond motifs is 1. The van der Waals surface area contributed by atoms with Gasteiger partial charge in [-0.1, -0.05) is 18.2 Å². The van der Waals surface area contributed by atoms with E-state index in [0.29, 0.717) is 5.96 Å². The number of guanidine groups is 1. The van der Waals surface area contributed by atoms with Crippen LogP contribution in [0.25, 0.3) is 10.9 Å². The molecule has 1 aromatic heterocycles. The molecule has 2 rings (SSSR count). The predicted octanol–water partition coefficient (Wildman–Crippen LogP) is 1.90. The molecule has 1 aromatic carbocycles. The second-order valence-electron chi connectivity index (χ2n) is 3.56. The third-order valence-electron chi connectivity index (χ3n) is 2.36. The van der Waals surface area contributed by atoms with Crippen molar-refractivity contribution in [2.24, 2.45) is 10.7 Å². The lowest BCUT2D eigenvalue weighted by molar-refractivity contribution is 1.25. The fraction of sp³-hybridized carbons (Fsp3) is 0.167. The van der Waals surface area contributed by atoms with Gasteiger partial charge in [0.25, 0.3) is 0 Å². The molecule has 1 heterocycles. The normalized spacial score (nSPS) is 11.8. The topological polar surface area (TPSA) is 63.3 Å². The Morgan fingerprint density at radius 1 is 1.31 bits per heavy atom. The number of nitrogens with one attached hydrogen (secondary N) is 1. The minimum Gasteiger partial charge on any atom is -0.370 e. The molecule has 0 spiro atoms. The van der Waals surface area contributed by atoms with E-state index in [0.717, 1.165) is 22.3 Å². The average Bonchev–Trinajstić information content (AvgIpc) is 2.29. The lowest BCUT2D eigenvalue weighted by atomic mass is 10.2. The highest BCUT2D eigenvalue weighted by atomic mass is 15.1. The van der Waals surface area contributed by atoms with E-state index in [1.807, 2.05) is 37.3 Å². The number of rotatable bonds is 1. The molecule has 0 aliphatic rings. The number of anilines is 1. The molecule has 0 saturated carbocycles. The molecule has 0 saturated heterocycles. The van der Waals surface area contributed by atoms with Crippen molar-refractivity contribution < 1.29 is 0 Å². The van der Waals surface area contributed by atoms with Gasteiger partial charge in [-0.15, -0.1) is 0 Å². The number of aliphatic imine (C=N–C) groups is 1. The van der Waals surface area contributed by atoms with Gasteiger partial charge in [-0.2, -0.15) is 0 Å². The first-order valence-corrected chi connectivity index (χ1v) is 5.06. The van der Waals surface area contributed by atoms with E-state index in [4.69, 9.17) is 5.73 Å². The zero-order valence-corrected chi connectivity index (χ0v) is 9.36. The Hall–Kier alpha value is -2.10. The summed E-state index contributed by atoms with van der Waals surface area (Å²) in [6.07, 6.45) is 0. The van der Waals surface area contributed by atoms with Crippen LogP contribution in [0.2, 0.25) is 0 Å². The molecule has 0 unspecified atom stereocenters. The van der Waals surface area contributed by atoms with Crippen LogP contribution in [0.4, 0.5) is 5.69 Å². The molecule has 82 valence electrons. The summed E-state index contributed by atoms with van der Waals surface area (Å²) in [7, 11) is 1.64. The third-order valence-corrected chi connectivity index (χ3v) is 2.36. The van der Waals surface area contributed by atoms with Crippen molar-refractivity contribution in [3.05, 3.63) is 36.0 Å². The van der Waals surface area contributed by atoms with Crippen LogP contribution in [-0.2, 0) is 0 Å². The second-order valence-corrected chi connectivity index (χ2v) is 3.56. The highest BCUT2D eigenvalue weighted by Gasteiger charge is 2.02. The van der Waals surface area contributed by atoms with E-state index in [2.05, 4.69) is 15.3 Å². The van der Waals surface area contributed by atoms with E-state index in [1.165, 1.54) is 0 Å². The summed E-state index contributed by atoms with van der Waals surface area (Å²) in [6, 6.07) is 9.95. The van der Waals surface area contributed by atoms with Crippen molar-refractivity contribution in [3.8, 4) is 0 Å². The van der Waals surface area contributed by atoms with Gasteiger partial charge in [0.2, 0.25) is 0 Å². The average molecular weight is 214 g/mol. The smallest absolute Gasteiger partial charge is 0.192 e. The van der Waals surface area contributed by atoms with E-state index in [-0.39, 0.29) is 0 Å². The quantitative estimate of drug-likeness (QED) is 0.563. The summed E-state index contributed by atoms with van der Waals surface area (Å²) in [5.41, 5.74) is 8.42. The van der Waals surface area contributed by atoms with Gasteiger partial charge in [-0.25, -0.2) is 0 Å². The van der Waals surface area contributed by atoms with E-state index >= 15 is 0 Å². The van der Waals surface area contributed by atoms with Crippen molar-refractivity contribution >= 4 is 22.5 Å². The molecular weight excluding hydrogens is 200 g/mol. The lowest BCUT2D eigenvalue weighted by Gasteiger charge is -2.08. The molecule has 0 aliphatic heterocycles. The van der Waals surface area contributed by atoms with Crippen LogP contribution in [-0.4, -0.2) is 18.0 Å². The van der Waals surface area contributed by atoms with E-state index in [9.17, 15) is 0 Å². The first-order valence-electron chi connectivity index (χ1n) is 5.06. The van der Waals surface area contributed by atoms with Crippen LogP contribution in [0, 0.1) is 6.92 Å². The number of nitrogens with two attached hydrogens (primary N) is 1. The van der Waals surface area contributed by atoms with Crippen LogP contribution in [0.1, 0.15) is 5.69 Å². The Bertz CT molecular complexity index is 546. The molecule has 4 heteroatoms. The first kappa shape index (κ1) is 10.4. The van der Waals surface area contributed by atoms with Crippen LogP contribution >= 0.6 is 0 Å². The molecule has 16 heavy (non-hydrogen) atoms. The summed E-state index contributed by atoms with van der Waals surface area (Å²) < 4.78 is 0. The number of hydrogen-bond donors (Lipinski definition) is 2. The second kappa shape index (κ2) is 4.18. The van der Waals surface area contributed by atoms with Gasteiger partial charge in [-0.05, 0) is 19.1 Å². The van der Waals surface area contributed by atoms with Gasteiger partial charge in [0.1, 0.15) is 0 Å². The van der Waals surface area contributed by atoms with Gasteiger partial charge in [-0.3, -0.25) is 9.98 Å². The van der Waals surface area contributed by atoms with Gasteiger partial charge in [0, 0.05) is 18.1 Å². The molecule has 3 N–H and O–H groups in total. The van der Waals surface area contributed by atoms with Crippen molar-refractivity contribution in [1.82, 2.24) is 4.98 Å². The van der Waals surface area contributed by atoms with Crippen molar-refractivity contribution in [2.75, 3.05) is 12.4 Å². The highest BCUT2D eigenvalue weighted by Crippen LogP contribution is 2.21. The number of benzene rings is 1. The zero-order valence-electron chi connectivity index (χ0n) is 9.36. The zero-order chi connectivity index (χ0) is 11.5. The van der Waals surface area contributed by atoms with Gasteiger partial charge in [0.15, 0.2) is 5.96 Å². The summed E-state index contributed by atoms with van der Waals surface area (Å²) in [4.78, 5) is 8.36. The molecule has 4 nitrogen and oxygen atoms in total. The largest absolute Gasteiger partial charge is 0.370 e. The Kier molecular flexibility index (Phi) is 2.72. The first-order chi connectivity index (χ1) is 7.70. The molecule has 0 bridgehead atoms.